The number of H-pyrrole nitrogens is 1. The Labute approximate surface area is 112 Å². The normalized spacial score (nSPS) is 33.0. The largest absolute Gasteiger partial charge is 0.394 e. The molecule has 4 N–H and O–H groups in total. The molecule has 1 aliphatic heterocycles. The van der Waals surface area contributed by atoms with Gasteiger partial charge in [-0.2, -0.15) is 5.26 Å². The smallest absolute Gasteiger partial charge is 0.330 e. The van der Waals surface area contributed by atoms with Gasteiger partial charge in [-0.3, -0.25) is 14.3 Å². The van der Waals surface area contributed by atoms with Gasteiger partial charge in [-0.1, -0.05) is 0 Å². The van der Waals surface area contributed by atoms with Crippen LogP contribution in [0.1, 0.15) is 12.6 Å². The average Bonchev–Trinajstić information content (AvgIpc) is 2.63. The van der Waals surface area contributed by atoms with Crippen LogP contribution in [-0.2, 0) is 4.74 Å². The molecule has 1 aromatic rings. The summed E-state index contributed by atoms with van der Waals surface area (Å²) >= 11 is 0. The van der Waals surface area contributed by atoms with E-state index in [-0.39, 0.29) is 0 Å². The molecule has 0 radical (unpaired) electrons. The molecule has 4 atom stereocenters. The lowest BCUT2D eigenvalue weighted by molar-refractivity contribution is -0.0895. The minimum Gasteiger partial charge on any atom is -0.394 e. The van der Waals surface area contributed by atoms with Crippen LogP contribution in [0.3, 0.4) is 0 Å². The van der Waals surface area contributed by atoms with E-state index in [1.54, 1.807) is 6.07 Å². The Morgan fingerprint density at radius 3 is 2.80 bits per heavy atom. The van der Waals surface area contributed by atoms with E-state index in [1.807, 2.05) is 4.98 Å². The van der Waals surface area contributed by atoms with E-state index in [1.165, 1.54) is 0 Å². The molecule has 9 nitrogen and oxygen atoms in total. The van der Waals surface area contributed by atoms with Crippen molar-refractivity contribution in [1.29, 1.82) is 5.26 Å². The number of aliphatic hydroxyl groups excluding tert-OH is 2. The van der Waals surface area contributed by atoms with Gasteiger partial charge >= 0.3 is 5.69 Å². The Balaban J connectivity index is 2.43. The number of aliphatic hydroxyl groups is 3. The second-order valence-electron chi connectivity index (χ2n) is 4.49. The maximum atomic E-state index is 11.6. The highest BCUT2D eigenvalue weighted by Gasteiger charge is 2.55. The predicted molar refractivity (Wildman–Crippen MR) is 63.5 cm³/mol. The molecule has 108 valence electrons. The Hall–Kier alpha value is -1.99. The molecule has 1 saturated heterocycles. The van der Waals surface area contributed by atoms with Gasteiger partial charge in [0.15, 0.2) is 6.23 Å². The number of ether oxygens (including phenoxy) is 1. The fourth-order valence-electron chi connectivity index (χ4n) is 2.19. The molecule has 9 heteroatoms. The maximum absolute atomic E-state index is 11.6. The summed E-state index contributed by atoms with van der Waals surface area (Å²) in [7, 11) is 0. The number of hydrogen-bond acceptors (Lipinski definition) is 7. The second kappa shape index (κ2) is 5.18. The van der Waals surface area contributed by atoms with Crippen molar-refractivity contribution in [1.82, 2.24) is 9.55 Å². The monoisotopic (exact) mass is 283 g/mol. The zero-order valence-electron chi connectivity index (χ0n) is 10.3. The topological polar surface area (TPSA) is 149 Å². The Kier molecular flexibility index (Phi) is 3.74. The van der Waals surface area contributed by atoms with Crippen LogP contribution in [0, 0.1) is 11.3 Å². The number of nitrogens with one attached hydrogen (secondary N) is 1. The van der Waals surface area contributed by atoms with E-state index < -0.39 is 48.3 Å². The van der Waals surface area contributed by atoms with Crippen molar-refractivity contribution in [2.75, 3.05) is 6.61 Å². The molecule has 20 heavy (non-hydrogen) atoms. The number of nitrogens with zero attached hydrogens (tertiary/aromatic N) is 2. The summed E-state index contributed by atoms with van der Waals surface area (Å²) < 4.78 is 6.12. The molecule has 0 aromatic carbocycles. The summed E-state index contributed by atoms with van der Waals surface area (Å²) in [6, 6.07) is 2.74. The van der Waals surface area contributed by atoms with Gasteiger partial charge in [0.25, 0.3) is 5.56 Å². The van der Waals surface area contributed by atoms with Crippen LogP contribution in [0.2, 0.25) is 0 Å². The molecule has 1 aliphatic rings. The SMILES string of the molecule is N#CC[C@@]1(O)[C@@H](CO)O[C@@H](n2ccc(=O)[nH]c2=O)[C@@H]1O. The van der Waals surface area contributed by atoms with Gasteiger partial charge in [-0.25, -0.2) is 4.79 Å². The lowest BCUT2D eigenvalue weighted by Crippen LogP contribution is -2.49. The zero-order chi connectivity index (χ0) is 14.9. The molecule has 0 amide bonds. The van der Waals surface area contributed by atoms with E-state index in [2.05, 4.69) is 0 Å². The van der Waals surface area contributed by atoms with E-state index in [9.17, 15) is 24.9 Å². The number of hydrogen-bond donors (Lipinski definition) is 4. The highest BCUT2D eigenvalue weighted by Crippen LogP contribution is 2.38. The van der Waals surface area contributed by atoms with Crippen molar-refractivity contribution in [3.63, 3.8) is 0 Å². The van der Waals surface area contributed by atoms with Crippen molar-refractivity contribution >= 4 is 0 Å². The van der Waals surface area contributed by atoms with Crippen LogP contribution in [0.25, 0.3) is 0 Å². The predicted octanol–water partition coefficient (Wildman–Crippen LogP) is -2.57. The quantitative estimate of drug-likeness (QED) is 0.476. The van der Waals surface area contributed by atoms with Gasteiger partial charge in [-0.15, -0.1) is 0 Å². The fraction of sp³-hybridized carbons (Fsp3) is 0.545. The van der Waals surface area contributed by atoms with Gasteiger partial charge in [0.2, 0.25) is 0 Å². The van der Waals surface area contributed by atoms with Crippen LogP contribution in [0.5, 0.6) is 0 Å². The first-order valence-corrected chi connectivity index (χ1v) is 5.79. The number of nitriles is 1. The van der Waals surface area contributed by atoms with E-state index in [0.717, 1.165) is 16.8 Å². The average molecular weight is 283 g/mol. The maximum Gasteiger partial charge on any atom is 0.330 e. The van der Waals surface area contributed by atoms with E-state index >= 15 is 0 Å². The molecule has 0 spiro atoms. The molecule has 2 heterocycles. The number of aromatic amines is 1. The van der Waals surface area contributed by atoms with Crippen molar-refractivity contribution in [2.45, 2.75) is 30.5 Å². The first-order valence-electron chi connectivity index (χ1n) is 5.79. The Morgan fingerprint density at radius 1 is 1.55 bits per heavy atom. The van der Waals surface area contributed by atoms with Crippen LogP contribution in [0.4, 0.5) is 0 Å². The summed E-state index contributed by atoms with van der Waals surface area (Å²) in [6.45, 7) is -0.635. The Morgan fingerprint density at radius 2 is 2.25 bits per heavy atom. The minimum absolute atomic E-state index is 0.478. The van der Waals surface area contributed by atoms with Crippen molar-refractivity contribution in [2.24, 2.45) is 0 Å². The van der Waals surface area contributed by atoms with Crippen molar-refractivity contribution < 1.29 is 20.1 Å². The first-order chi connectivity index (χ1) is 9.43. The summed E-state index contributed by atoms with van der Waals surface area (Å²) in [4.78, 5) is 24.6. The fourth-order valence-corrected chi connectivity index (χ4v) is 2.19. The Bertz CT molecular complexity index is 647. The van der Waals surface area contributed by atoms with E-state index in [4.69, 9.17) is 10.00 Å². The third-order valence-electron chi connectivity index (χ3n) is 3.30. The lowest BCUT2D eigenvalue weighted by atomic mass is 9.89. The van der Waals surface area contributed by atoms with Gasteiger partial charge in [-0.05, 0) is 0 Å². The lowest BCUT2D eigenvalue weighted by Gasteiger charge is -2.27. The second-order valence-corrected chi connectivity index (χ2v) is 4.49. The van der Waals surface area contributed by atoms with Gasteiger partial charge < -0.3 is 20.1 Å². The molecule has 0 aliphatic carbocycles. The van der Waals surface area contributed by atoms with Gasteiger partial charge in [0.05, 0.1) is 19.1 Å². The standard InChI is InChI=1S/C11H13N3O6/c12-3-2-11(19)6(5-15)20-9(8(11)17)14-4-1-7(16)13-10(14)18/h1,4,6,8-9,15,17,19H,2,5H2,(H,13,16,18)/t6-,8+,9-,11-/m1/s1. The minimum atomic E-state index is -2.00. The molecule has 1 fully saturated rings. The highest BCUT2D eigenvalue weighted by atomic mass is 16.6. The molecule has 2 rings (SSSR count). The molecule has 1 aromatic heterocycles. The van der Waals surface area contributed by atoms with Crippen LogP contribution >= 0.6 is 0 Å². The van der Waals surface area contributed by atoms with Crippen molar-refractivity contribution in [3.05, 3.63) is 33.1 Å². The summed E-state index contributed by atoms with van der Waals surface area (Å²) in [5.41, 5.74) is -3.45. The summed E-state index contributed by atoms with van der Waals surface area (Å²) in [5, 5.41) is 38.2. The van der Waals surface area contributed by atoms with E-state index in [0.29, 0.717) is 0 Å². The third-order valence-corrected chi connectivity index (χ3v) is 3.30. The molecular formula is C11H13N3O6. The highest BCUT2D eigenvalue weighted by molar-refractivity contribution is 5.07. The summed E-state index contributed by atoms with van der Waals surface area (Å²) in [6.07, 6.45) is -3.52. The van der Waals surface area contributed by atoms with Gasteiger partial charge in [0.1, 0.15) is 17.8 Å². The molecule has 0 saturated carbocycles. The molecule has 0 bridgehead atoms. The van der Waals surface area contributed by atoms with Crippen LogP contribution in [0.15, 0.2) is 21.9 Å². The molecule has 0 unspecified atom stereocenters. The number of rotatable bonds is 3. The molecular weight excluding hydrogens is 270 g/mol. The van der Waals surface area contributed by atoms with Crippen molar-refractivity contribution in [3.8, 4) is 6.07 Å². The summed E-state index contributed by atoms with van der Waals surface area (Å²) in [5.74, 6) is 0. The van der Waals surface area contributed by atoms with Crippen LogP contribution in [-0.4, -0.2) is 49.3 Å². The number of aromatic nitrogens is 2. The zero-order valence-corrected chi connectivity index (χ0v) is 10.3. The third kappa shape index (κ3) is 2.14. The van der Waals surface area contributed by atoms with Crippen LogP contribution < -0.4 is 11.2 Å². The van der Waals surface area contributed by atoms with Gasteiger partial charge in [0, 0.05) is 12.3 Å². The first kappa shape index (κ1) is 14.4.